The van der Waals surface area contributed by atoms with Crippen LogP contribution in [0, 0.1) is 11.3 Å². The van der Waals surface area contributed by atoms with E-state index in [-0.39, 0.29) is 6.61 Å². The van der Waals surface area contributed by atoms with Crippen molar-refractivity contribution in [3.05, 3.63) is 23.8 Å². The van der Waals surface area contributed by atoms with Gasteiger partial charge in [0.2, 0.25) is 0 Å². The molecular formula is C12H16N2O2. The Morgan fingerprint density at radius 1 is 1.31 bits per heavy atom. The molecule has 0 aliphatic heterocycles. The van der Waals surface area contributed by atoms with Crippen molar-refractivity contribution in [2.75, 3.05) is 20.3 Å². The lowest BCUT2D eigenvalue weighted by Crippen LogP contribution is -2.06. The maximum atomic E-state index is 8.46. The summed E-state index contributed by atoms with van der Waals surface area (Å²) in [6.07, 6.45) is 0. The first kappa shape index (κ1) is 12.3. The van der Waals surface area contributed by atoms with Crippen molar-refractivity contribution in [3.63, 3.8) is 0 Å². The van der Waals surface area contributed by atoms with Crippen LogP contribution in [0.15, 0.2) is 18.2 Å². The molecule has 0 atom stereocenters. The molecule has 0 radical (unpaired) electrons. The fourth-order valence-corrected chi connectivity index (χ4v) is 1.36. The molecule has 16 heavy (non-hydrogen) atoms. The lowest BCUT2D eigenvalue weighted by molar-refractivity contribution is 0.298. The van der Waals surface area contributed by atoms with E-state index in [1.54, 1.807) is 0 Å². The summed E-state index contributed by atoms with van der Waals surface area (Å²) >= 11 is 0. The van der Waals surface area contributed by atoms with Gasteiger partial charge < -0.3 is 14.8 Å². The molecule has 1 N–H and O–H groups in total. The third kappa shape index (κ3) is 3.44. The molecule has 4 heteroatoms. The van der Waals surface area contributed by atoms with Crippen LogP contribution in [-0.4, -0.2) is 20.3 Å². The predicted octanol–water partition coefficient (Wildman–Crippen LogP) is 1.71. The molecule has 0 saturated carbocycles. The Morgan fingerprint density at radius 3 is 2.75 bits per heavy atom. The van der Waals surface area contributed by atoms with Crippen LogP contribution in [0.25, 0.3) is 0 Å². The van der Waals surface area contributed by atoms with Gasteiger partial charge in [0.1, 0.15) is 6.07 Å². The SMILES string of the molecule is CCOc1cc(CNC)ccc1OCC#N. The topological polar surface area (TPSA) is 54.3 Å². The molecule has 0 unspecified atom stereocenters. The van der Waals surface area contributed by atoms with E-state index in [1.165, 1.54) is 0 Å². The molecule has 0 aromatic heterocycles. The summed E-state index contributed by atoms with van der Waals surface area (Å²) < 4.78 is 10.7. The van der Waals surface area contributed by atoms with E-state index in [1.807, 2.05) is 38.2 Å². The maximum absolute atomic E-state index is 8.46. The zero-order valence-electron chi connectivity index (χ0n) is 9.62. The zero-order valence-corrected chi connectivity index (χ0v) is 9.62. The second kappa shape index (κ2) is 6.70. The number of hydrogen-bond acceptors (Lipinski definition) is 4. The minimum Gasteiger partial charge on any atom is -0.490 e. The van der Waals surface area contributed by atoms with E-state index < -0.39 is 0 Å². The monoisotopic (exact) mass is 220 g/mol. The van der Waals surface area contributed by atoms with Crippen LogP contribution in [0.4, 0.5) is 0 Å². The molecule has 4 nitrogen and oxygen atoms in total. The summed E-state index contributed by atoms with van der Waals surface area (Å²) in [6, 6.07) is 7.64. The highest BCUT2D eigenvalue weighted by molar-refractivity contribution is 5.43. The fourth-order valence-electron chi connectivity index (χ4n) is 1.36. The molecule has 1 rings (SSSR count). The largest absolute Gasteiger partial charge is 0.490 e. The van der Waals surface area contributed by atoms with Gasteiger partial charge in [0.25, 0.3) is 0 Å². The van der Waals surface area contributed by atoms with Gasteiger partial charge in [0, 0.05) is 6.54 Å². The van der Waals surface area contributed by atoms with Crippen LogP contribution >= 0.6 is 0 Å². The van der Waals surface area contributed by atoms with Gasteiger partial charge in [-0.2, -0.15) is 5.26 Å². The highest BCUT2D eigenvalue weighted by atomic mass is 16.5. The van der Waals surface area contributed by atoms with Crippen molar-refractivity contribution < 1.29 is 9.47 Å². The third-order valence-corrected chi connectivity index (χ3v) is 1.98. The molecule has 0 aliphatic carbocycles. The number of nitrogens with zero attached hydrogens (tertiary/aromatic N) is 1. The van der Waals surface area contributed by atoms with E-state index >= 15 is 0 Å². The smallest absolute Gasteiger partial charge is 0.174 e. The van der Waals surface area contributed by atoms with Crippen LogP contribution in [0.2, 0.25) is 0 Å². The summed E-state index contributed by atoms with van der Waals surface area (Å²) in [5.74, 6) is 1.30. The van der Waals surface area contributed by atoms with Crippen molar-refractivity contribution >= 4 is 0 Å². The number of nitriles is 1. The lowest BCUT2D eigenvalue weighted by Gasteiger charge is -2.11. The van der Waals surface area contributed by atoms with Gasteiger partial charge in [-0.05, 0) is 31.7 Å². The van der Waals surface area contributed by atoms with Crippen LogP contribution in [-0.2, 0) is 6.54 Å². The fraction of sp³-hybridized carbons (Fsp3) is 0.417. The molecule has 1 aromatic carbocycles. The molecule has 0 fully saturated rings. The van der Waals surface area contributed by atoms with Gasteiger partial charge in [0.15, 0.2) is 18.1 Å². The van der Waals surface area contributed by atoms with Crippen molar-refractivity contribution in [1.82, 2.24) is 5.32 Å². The van der Waals surface area contributed by atoms with E-state index in [0.29, 0.717) is 18.1 Å². The van der Waals surface area contributed by atoms with Gasteiger partial charge in [-0.1, -0.05) is 6.07 Å². The molecule has 0 amide bonds. The summed E-state index contributed by atoms with van der Waals surface area (Å²) in [7, 11) is 1.89. The first-order valence-electron chi connectivity index (χ1n) is 5.22. The minimum absolute atomic E-state index is 0.0332. The number of rotatable bonds is 6. The predicted molar refractivity (Wildman–Crippen MR) is 61.5 cm³/mol. The minimum atomic E-state index is 0.0332. The normalized spacial score (nSPS) is 9.56. The molecular weight excluding hydrogens is 204 g/mol. The maximum Gasteiger partial charge on any atom is 0.174 e. The standard InChI is InChI=1S/C12H16N2O2/c1-3-15-12-8-10(9-14-2)4-5-11(12)16-7-6-13/h4-5,8,14H,3,7,9H2,1-2H3. The summed E-state index contributed by atoms with van der Waals surface area (Å²) in [6.45, 7) is 3.30. The number of nitrogens with one attached hydrogen (secondary N) is 1. The Hall–Kier alpha value is -1.73. The number of hydrogen-bond donors (Lipinski definition) is 1. The summed E-state index contributed by atoms with van der Waals surface area (Å²) in [5.41, 5.74) is 1.12. The number of ether oxygens (including phenoxy) is 2. The molecule has 0 aliphatic rings. The van der Waals surface area contributed by atoms with Crippen LogP contribution in [0.3, 0.4) is 0 Å². The van der Waals surface area contributed by atoms with Crippen molar-refractivity contribution in [2.24, 2.45) is 0 Å². The summed E-state index contributed by atoms with van der Waals surface area (Å²) in [4.78, 5) is 0. The van der Waals surface area contributed by atoms with E-state index in [9.17, 15) is 0 Å². The summed E-state index contributed by atoms with van der Waals surface area (Å²) in [5, 5.41) is 11.5. The molecule has 0 heterocycles. The van der Waals surface area contributed by atoms with Crippen LogP contribution in [0.1, 0.15) is 12.5 Å². The highest BCUT2D eigenvalue weighted by Gasteiger charge is 2.05. The van der Waals surface area contributed by atoms with Crippen LogP contribution < -0.4 is 14.8 Å². The van der Waals surface area contributed by atoms with Crippen molar-refractivity contribution in [3.8, 4) is 17.6 Å². The quantitative estimate of drug-likeness (QED) is 0.793. The molecule has 0 bridgehead atoms. The van der Waals surface area contributed by atoms with E-state index in [4.69, 9.17) is 14.7 Å². The Kier molecular flexibility index (Phi) is 5.17. The van der Waals surface area contributed by atoms with Gasteiger partial charge in [-0.3, -0.25) is 0 Å². The Labute approximate surface area is 95.8 Å². The number of benzene rings is 1. The average Bonchev–Trinajstić information content (AvgIpc) is 2.29. The molecule has 86 valence electrons. The highest BCUT2D eigenvalue weighted by Crippen LogP contribution is 2.28. The first-order valence-corrected chi connectivity index (χ1v) is 5.22. The Bertz CT molecular complexity index is 372. The van der Waals surface area contributed by atoms with Gasteiger partial charge in [-0.15, -0.1) is 0 Å². The van der Waals surface area contributed by atoms with E-state index in [2.05, 4.69) is 5.32 Å². The first-order chi connectivity index (χ1) is 7.81. The molecule has 0 saturated heterocycles. The molecule has 0 spiro atoms. The Balaban J connectivity index is 2.86. The van der Waals surface area contributed by atoms with Gasteiger partial charge in [-0.25, -0.2) is 0 Å². The zero-order chi connectivity index (χ0) is 11.8. The van der Waals surface area contributed by atoms with Crippen LogP contribution in [0.5, 0.6) is 11.5 Å². The lowest BCUT2D eigenvalue weighted by atomic mass is 10.2. The van der Waals surface area contributed by atoms with E-state index in [0.717, 1.165) is 12.1 Å². The van der Waals surface area contributed by atoms with Gasteiger partial charge in [0.05, 0.1) is 6.61 Å². The third-order valence-electron chi connectivity index (χ3n) is 1.98. The van der Waals surface area contributed by atoms with Crippen molar-refractivity contribution in [2.45, 2.75) is 13.5 Å². The second-order valence-electron chi connectivity index (χ2n) is 3.19. The Morgan fingerprint density at radius 2 is 2.12 bits per heavy atom. The van der Waals surface area contributed by atoms with Crippen molar-refractivity contribution in [1.29, 1.82) is 5.26 Å². The second-order valence-corrected chi connectivity index (χ2v) is 3.19. The van der Waals surface area contributed by atoms with Gasteiger partial charge >= 0.3 is 0 Å². The molecule has 1 aromatic rings. The average molecular weight is 220 g/mol.